The zero-order chi connectivity index (χ0) is 13.1. The summed E-state index contributed by atoms with van der Waals surface area (Å²) in [6, 6.07) is 0.434. The molecule has 0 amide bonds. The Kier molecular flexibility index (Phi) is 3.23. The van der Waals surface area contributed by atoms with Gasteiger partial charge < -0.3 is 5.32 Å². The first kappa shape index (κ1) is 11.8. The molecule has 1 fully saturated rings. The number of aromatic nitrogens is 5. The third kappa shape index (κ3) is 2.63. The second-order valence-corrected chi connectivity index (χ2v) is 4.52. The molecule has 0 aliphatic heterocycles. The first-order valence-electron chi connectivity index (χ1n) is 6.33. The molecule has 2 aromatic rings. The van der Waals surface area contributed by atoms with Gasteiger partial charge in [0.2, 0.25) is 17.8 Å². The van der Waals surface area contributed by atoms with E-state index in [4.69, 9.17) is 5.84 Å². The van der Waals surface area contributed by atoms with Gasteiger partial charge in [0.25, 0.3) is 0 Å². The van der Waals surface area contributed by atoms with E-state index in [0.29, 0.717) is 23.9 Å². The number of hydrogen-bond donors (Lipinski definition) is 3. The van der Waals surface area contributed by atoms with E-state index in [-0.39, 0.29) is 0 Å². The van der Waals surface area contributed by atoms with E-state index in [2.05, 4.69) is 30.7 Å². The number of anilines is 2. The van der Waals surface area contributed by atoms with Crippen LogP contribution in [0.3, 0.4) is 0 Å². The van der Waals surface area contributed by atoms with E-state index in [9.17, 15) is 0 Å². The van der Waals surface area contributed by atoms with E-state index >= 15 is 0 Å². The van der Waals surface area contributed by atoms with Crippen molar-refractivity contribution in [2.24, 2.45) is 5.84 Å². The summed E-state index contributed by atoms with van der Waals surface area (Å²) in [6.45, 7) is 0. The van der Waals surface area contributed by atoms with Crippen molar-refractivity contribution in [2.75, 3.05) is 10.7 Å². The van der Waals surface area contributed by atoms with Crippen LogP contribution in [-0.2, 0) is 0 Å². The minimum Gasteiger partial charge on any atom is -0.351 e. The average Bonchev–Trinajstić information content (AvgIpc) is 3.11. The lowest BCUT2D eigenvalue weighted by molar-refractivity contribution is 0.739. The van der Waals surface area contributed by atoms with Gasteiger partial charge in [-0.25, -0.2) is 10.8 Å². The molecule has 0 bridgehead atoms. The summed E-state index contributed by atoms with van der Waals surface area (Å²) < 4.78 is 1.71. The van der Waals surface area contributed by atoms with Gasteiger partial charge in [-0.3, -0.25) is 9.99 Å². The summed E-state index contributed by atoms with van der Waals surface area (Å²) in [7, 11) is 0. The van der Waals surface area contributed by atoms with Gasteiger partial charge >= 0.3 is 0 Å². The fourth-order valence-electron chi connectivity index (χ4n) is 2.24. The molecule has 0 unspecified atom stereocenters. The molecule has 8 heteroatoms. The van der Waals surface area contributed by atoms with Crippen molar-refractivity contribution in [3.63, 3.8) is 0 Å². The van der Waals surface area contributed by atoms with Gasteiger partial charge in [-0.2, -0.15) is 15.0 Å². The van der Waals surface area contributed by atoms with Crippen molar-refractivity contribution < 1.29 is 0 Å². The van der Waals surface area contributed by atoms with Crippen LogP contribution in [0.25, 0.3) is 5.95 Å². The van der Waals surface area contributed by atoms with E-state index in [0.717, 1.165) is 12.8 Å². The number of rotatable bonds is 4. The topological polar surface area (TPSA) is 107 Å². The molecule has 4 N–H and O–H groups in total. The van der Waals surface area contributed by atoms with E-state index < -0.39 is 0 Å². The van der Waals surface area contributed by atoms with E-state index in [1.807, 2.05) is 0 Å². The molecule has 0 radical (unpaired) electrons. The molecular formula is C11H16N8. The molecule has 0 atom stereocenters. The summed E-state index contributed by atoms with van der Waals surface area (Å²) >= 11 is 0. The Morgan fingerprint density at radius 3 is 2.63 bits per heavy atom. The molecule has 2 heterocycles. The Bertz CT molecular complexity index is 532. The average molecular weight is 260 g/mol. The summed E-state index contributed by atoms with van der Waals surface area (Å²) in [5, 5.41) is 3.33. The molecule has 2 aromatic heterocycles. The molecule has 1 aliphatic carbocycles. The number of nitrogens with two attached hydrogens (primary N) is 1. The van der Waals surface area contributed by atoms with Gasteiger partial charge in [0.15, 0.2) is 0 Å². The first-order chi connectivity index (χ1) is 9.35. The largest absolute Gasteiger partial charge is 0.351 e. The fraction of sp³-hybridized carbons (Fsp3) is 0.455. The van der Waals surface area contributed by atoms with Crippen molar-refractivity contribution in [3.8, 4) is 5.95 Å². The van der Waals surface area contributed by atoms with Gasteiger partial charge in [0, 0.05) is 18.4 Å². The first-order valence-corrected chi connectivity index (χ1v) is 6.33. The van der Waals surface area contributed by atoms with E-state index in [1.54, 1.807) is 23.3 Å². The van der Waals surface area contributed by atoms with E-state index in [1.165, 1.54) is 12.8 Å². The quantitative estimate of drug-likeness (QED) is 0.548. The van der Waals surface area contributed by atoms with Crippen LogP contribution in [0, 0.1) is 0 Å². The zero-order valence-electron chi connectivity index (χ0n) is 10.5. The minimum absolute atomic E-state index is 0.333. The van der Waals surface area contributed by atoms with Crippen molar-refractivity contribution in [1.29, 1.82) is 0 Å². The second kappa shape index (κ2) is 5.19. The van der Waals surface area contributed by atoms with Crippen LogP contribution in [0.2, 0.25) is 0 Å². The Morgan fingerprint density at radius 1 is 1.16 bits per heavy atom. The third-order valence-corrected chi connectivity index (χ3v) is 3.18. The highest BCUT2D eigenvalue weighted by atomic mass is 15.4. The number of hydrogen-bond acceptors (Lipinski definition) is 7. The fourth-order valence-corrected chi connectivity index (χ4v) is 2.24. The molecule has 0 spiro atoms. The molecule has 3 rings (SSSR count). The Morgan fingerprint density at radius 2 is 1.95 bits per heavy atom. The lowest BCUT2D eigenvalue weighted by Crippen LogP contribution is -2.20. The maximum atomic E-state index is 5.39. The van der Waals surface area contributed by atoms with Gasteiger partial charge in [-0.05, 0) is 12.8 Å². The maximum absolute atomic E-state index is 5.39. The molecule has 8 nitrogen and oxygen atoms in total. The van der Waals surface area contributed by atoms with Crippen molar-refractivity contribution in [1.82, 2.24) is 24.5 Å². The normalized spacial score (nSPS) is 15.6. The van der Waals surface area contributed by atoms with Crippen LogP contribution in [0.1, 0.15) is 25.7 Å². The van der Waals surface area contributed by atoms with Crippen LogP contribution in [-0.4, -0.2) is 30.5 Å². The summed E-state index contributed by atoms with van der Waals surface area (Å²) in [6.07, 6.45) is 9.88. The molecule has 100 valence electrons. The predicted molar refractivity (Wildman–Crippen MR) is 70.6 cm³/mol. The molecule has 1 saturated carbocycles. The van der Waals surface area contributed by atoms with Crippen LogP contribution in [0.15, 0.2) is 18.7 Å². The molecular weight excluding hydrogens is 244 g/mol. The van der Waals surface area contributed by atoms with Crippen LogP contribution in [0.4, 0.5) is 11.9 Å². The standard InChI is InChI=1S/C11H16N8/c12-18-10-15-9(14-8-3-1-2-4-8)16-11(17-10)19-6-5-13-7-19/h5-8H,1-4,12H2,(H2,14,15,16,17,18). The van der Waals surface area contributed by atoms with Crippen molar-refractivity contribution in [2.45, 2.75) is 31.7 Å². The second-order valence-electron chi connectivity index (χ2n) is 4.52. The SMILES string of the molecule is NNc1nc(NC2CCCC2)nc(-n2ccnc2)n1. The number of hydrazine groups is 1. The van der Waals surface area contributed by atoms with Crippen molar-refractivity contribution in [3.05, 3.63) is 18.7 Å². The number of nitrogens with one attached hydrogen (secondary N) is 2. The minimum atomic E-state index is 0.333. The number of imidazole rings is 1. The highest BCUT2D eigenvalue weighted by Crippen LogP contribution is 2.21. The number of nitrogen functional groups attached to an aromatic ring is 1. The molecule has 0 saturated heterocycles. The maximum Gasteiger partial charge on any atom is 0.243 e. The monoisotopic (exact) mass is 260 g/mol. The van der Waals surface area contributed by atoms with Crippen LogP contribution in [0.5, 0.6) is 0 Å². The van der Waals surface area contributed by atoms with Gasteiger partial charge in [-0.1, -0.05) is 12.8 Å². The smallest absolute Gasteiger partial charge is 0.243 e. The number of nitrogens with zero attached hydrogens (tertiary/aromatic N) is 5. The highest BCUT2D eigenvalue weighted by molar-refractivity contribution is 5.38. The van der Waals surface area contributed by atoms with Gasteiger partial charge in [-0.15, -0.1) is 0 Å². The Balaban J connectivity index is 1.88. The van der Waals surface area contributed by atoms with Crippen molar-refractivity contribution >= 4 is 11.9 Å². The lowest BCUT2D eigenvalue weighted by Gasteiger charge is -2.13. The zero-order valence-corrected chi connectivity index (χ0v) is 10.5. The summed E-state index contributed by atoms with van der Waals surface area (Å²) in [5.41, 5.74) is 2.46. The molecule has 1 aliphatic rings. The summed E-state index contributed by atoms with van der Waals surface area (Å²) in [4.78, 5) is 16.8. The predicted octanol–water partition coefficient (Wildman–Crippen LogP) is 0.697. The Hall–Kier alpha value is -2.22. The van der Waals surface area contributed by atoms with Crippen LogP contribution < -0.4 is 16.6 Å². The lowest BCUT2D eigenvalue weighted by atomic mass is 10.3. The Labute approximate surface area is 110 Å². The third-order valence-electron chi connectivity index (χ3n) is 3.18. The summed E-state index contributed by atoms with van der Waals surface area (Å²) in [5.74, 6) is 6.75. The van der Waals surface area contributed by atoms with Crippen LogP contribution >= 0.6 is 0 Å². The van der Waals surface area contributed by atoms with Gasteiger partial charge in [0.1, 0.15) is 6.33 Å². The highest BCUT2D eigenvalue weighted by Gasteiger charge is 2.17. The molecule has 19 heavy (non-hydrogen) atoms. The van der Waals surface area contributed by atoms with Gasteiger partial charge in [0.05, 0.1) is 0 Å². The molecule has 0 aromatic carbocycles.